The van der Waals surface area contributed by atoms with Crippen molar-refractivity contribution in [1.82, 2.24) is 9.55 Å². The van der Waals surface area contributed by atoms with Gasteiger partial charge in [0.25, 0.3) is 12.0 Å². The summed E-state index contributed by atoms with van der Waals surface area (Å²) in [6.45, 7) is 4.04. The predicted molar refractivity (Wildman–Crippen MR) is 87.6 cm³/mol. The van der Waals surface area contributed by atoms with E-state index in [4.69, 9.17) is 10.5 Å². The Labute approximate surface area is 137 Å². The van der Waals surface area contributed by atoms with E-state index in [1.807, 2.05) is 4.90 Å². The maximum absolute atomic E-state index is 13.1. The fourth-order valence-corrected chi connectivity index (χ4v) is 2.93. The summed E-state index contributed by atoms with van der Waals surface area (Å²) in [5, 5.41) is 0.166. The van der Waals surface area contributed by atoms with Crippen LogP contribution in [0.15, 0.2) is 16.9 Å². The molecule has 6 nitrogen and oxygen atoms in total. The van der Waals surface area contributed by atoms with Crippen molar-refractivity contribution in [2.24, 2.45) is 12.8 Å². The van der Waals surface area contributed by atoms with Crippen molar-refractivity contribution in [3.05, 3.63) is 33.6 Å². The minimum atomic E-state index is -2.67. The van der Waals surface area contributed by atoms with Crippen molar-refractivity contribution in [2.45, 2.75) is 19.4 Å². The van der Waals surface area contributed by atoms with E-state index in [2.05, 4.69) is 4.98 Å². The third kappa shape index (κ3) is 2.87. The zero-order valence-corrected chi connectivity index (χ0v) is 13.6. The van der Waals surface area contributed by atoms with Gasteiger partial charge < -0.3 is 15.4 Å². The van der Waals surface area contributed by atoms with Gasteiger partial charge in [0.2, 0.25) is 5.95 Å². The first kappa shape index (κ1) is 16.8. The van der Waals surface area contributed by atoms with Crippen LogP contribution < -0.4 is 16.2 Å². The number of hydrogen-bond donors (Lipinski definition) is 1. The Hall–Kier alpha value is -2.06. The molecule has 24 heavy (non-hydrogen) atoms. The number of benzene rings is 1. The number of nitrogens with zero attached hydrogens (tertiary/aromatic N) is 3. The average molecular weight is 338 g/mol. The lowest BCUT2D eigenvalue weighted by molar-refractivity contribution is 0.121. The van der Waals surface area contributed by atoms with Gasteiger partial charge >= 0.3 is 0 Å². The molecule has 1 aromatic carbocycles. The third-order valence-electron chi connectivity index (χ3n) is 4.25. The van der Waals surface area contributed by atoms with Gasteiger partial charge in [0.15, 0.2) is 0 Å². The first-order valence-corrected chi connectivity index (χ1v) is 7.81. The summed E-state index contributed by atoms with van der Waals surface area (Å²) in [7, 11) is 1.60. The second-order valence-corrected chi connectivity index (χ2v) is 5.97. The maximum Gasteiger partial charge on any atom is 0.263 e. The molecular formula is C16H20F2N4O2. The third-order valence-corrected chi connectivity index (χ3v) is 4.25. The second-order valence-electron chi connectivity index (χ2n) is 5.97. The van der Waals surface area contributed by atoms with Gasteiger partial charge in [-0.25, -0.2) is 13.8 Å². The van der Waals surface area contributed by atoms with E-state index in [1.54, 1.807) is 14.0 Å². The van der Waals surface area contributed by atoms with E-state index in [1.165, 1.54) is 16.7 Å². The number of fused-ring (bicyclic) bond motifs is 1. The number of ether oxygens (including phenoxy) is 1. The first-order chi connectivity index (χ1) is 11.4. The second kappa shape index (κ2) is 6.45. The Bertz CT molecular complexity index is 814. The monoisotopic (exact) mass is 338 g/mol. The van der Waals surface area contributed by atoms with Gasteiger partial charge in [-0.1, -0.05) is 0 Å². The van der Waals surface area contributed by atoms with Gasteiger partial charge in [0.05, 0.1) is 24.1 Å². The molecular weight excluding hydrogens is 318 g/mol. The highest BCUT2D eigenvalue weighted by Crippen LogP contribution is 2.28. The lowest BCUT2D eigenvalue weighted by Crippen LogP contribution is -2.40. The zero-order valence-electron chi connectivity index (χ0n) is 13.6. The summed E-state index contributed by atoms with van der Waals surface area (Å²) in [5.41, 5.74) is 6.21. The van der Waals surface area contributed by atoms with E-state index >= 15 is 0 Å². The molecule has 8 heteroatoms. The molecule has 2 aromatic rings. The molecule has 1 atom stereocenters. The Morgan fingerprint density at radius 3 is 2.54 bits per heavy atom. The molecule has 0 aliphatic carbocycles. The highest BCUT2D eigenvalue weighted by Gasteiger charge is 2.21. The maximum atomic E-state index is 13.1. The van der Waals surface area contributed by atoms with Gasteiger partial charge in [-0.05, 0) is 24.6 Å². The van der Waals surface area contributed by atoms with Crippen LogP contribution in [-0.2, 0) is 11.8 Å². The molecule has 2 heterocycles. The topological polar surface area (TPSA) is 73.4 Å². The number of anilines is 1. The number of nitrogens with two attached hydrogens (primary N) is 1. The number of morpholine rings is 1. The summed E-state index contributed by atoms with van der Waals surface area (Å²) >= 11 is 0. The molecule has 1 fully saturated rings. The van der Waals surface area contributed by atoms with E-state index in [0.29, 0.717) is 43.3 Å². The smallest absolute Gasteiger partial charge is 0.263 e. The van der Waals surface area contributed by atoms with Crippen LogP contribution >= 0.6 is 0 Å². The molecule has 3 rings (SSSR count). The van der Waals surface area contributed by atoms with E-state index in [-0.39, 0.29) is 16.5 Å². The van der Waals surface area contributed by atoms with Crippen LogP contribution in [0.4, 0.5) is 14.7 Å². The van der Waals surface area contributed by atoms with Crippen LogP contribution in [0.2, 0.25) is 0 Å². The van der Waals surface area contributed by atoms with Crippen LogP contribution in [0.5, 0.6) is 0 Å². The molecule has 1 aliphatic heterocycles. The van der Waals surface area contributed by atoms with Gasteiger partial charge in [-0.15, -0.1) is 0 Å². The Kier molecular flexibility index (Phi) is 4.51. The lowest BCUT2D eigenvalue weighted by atomic mass is 10.0. The molecule has 1 aliphatic rings. The molecule has 1 unspecified atom stereocenters. The van der Waals surface area contributed by atoms with Crippen molar-refractivity contribution in [3.63, 3.8) is 0 Å². The van der Waals surface area contributed by atoms with Crippen molar-refractivity contribution >= 4 is 16.9 Å². The standard InChI is InChI=1S/C16H20F2N4O2/c1-9(19)11-7-10(14(17)18)8-12-13(11)20-16(21(2)15(12)23)22-3-5-24-6-4-22/h7-9,14H,3-6,19H2,1-2H3. The number of alkyl halides is 2. The van der Waals surface area contributed by atoms with Gasteiger partial charge in [0.1, 0.15) is 0 Å². The summed E-state index contributed by atoms with van der Waals surface area (Å²) in [4.78, 5) is 19.3. The Morgan fingerprint density at radius 1 is 1.29 bits per heavy atom. The molecule has 0 radical (unpaired) electrons. The SMILES string of the molecule is CC(N)c1cc(C(F)F)cc2c(=O)n(C)c(N3CCOCC3)nc12. The van der Waals surface area contributed by atoms with Gasteiger partial charge in [-0.2, -0.15) is 0 Å². The molecule has 1 aromatic heterocycles. The average Bonchev–Trinajstić information content (AvgIpc) is 2.57. The summed E-state index contributed by atoms with van der Waals surface area (Å²) in [6, 6.07) is 2.04. The summed E-state index contributed by atoms with van der Waals surface area (Å²) < 4.78 is 33.0. The Morgan fingerprint density at radius 2 is 1.96 bits per heavy atom. The molecule has 0 spiro atoms. The fraction of sp³-hybridized carbons (Fsp3) is 0.500. The van der Waals surface area contributed by atoms with Crippen LogP contribution in [0.3, 0.4) is 0 Å². The van der Waals surface area contributed by atoms with Crippen LogP contribution in [0.1, 0.15) is 30.5 Å². The minimum absolute atomic E-state index is 0.166. The normalized spacial score (nSPS) is 16.8. The van der Waals surface area contributed by atoms with E-state index in [0.717, 1.165) is 0 Å². The van der Waals surface area contributed by atoms with Crippen molar-refractivity contribution in [3.8, 4) is 0 Å². The number of rotatable bonds is 3. The van der Waals surface area contributed by atoms with Crippen LogP contribution in [0.25, 0.3) is 10.9 Å². The molecule has 130 valence electrons. The molecule has 0 bridgehead atoms. The summed E-state index contributed by atoms with van der Waals surface area (Å²) in [5.74, 6) is 0.502. The van der Waals surface area contributed by atoms with Crippen molar-refractivity contribution in [2.75, 3.05) is 31.2 Å². The first-order valence-electron chi connectivity index (χ1n) is 7.81. The lowest BCUT2D eigenvalue weighted by Gasteiger charge is -2.29. The van der Waals surface area contributed by atoms with Gasteiger partial charge in [-0.3, -0.25) is 9.36 Å². The summed E-state index contributed by atoms with van der Waals surface area (Å²) in [6.07, 6.45) is -2.67. The fourth-order valence-electron chi connectivity index (χ4n) is 2.93. The number of halogens is 2. The Balaban J connectivity index is 2.27. The van der Waals surface area contributed by atoms with Crippen LogP contribution in [-0.4, -0.2) is 35.9 Å². The molecule has 0 amide bonds. The molecule has 1 saturated heterocycles. The van der Waals surface area contributed by atoms with Crippen molar-refractivity contribution < 1.29 is 13.5 Å². The molecule has 2 N–H and O–H groups in total. The van der Waals surface area contributed by atoms with Crippen LogP contribution in [0, 0.1) is 0 Å². The quantitative estimate of drug-likeness (QED) is 0.923. The molecule has 0 saturated carbocycles. The minimum Gasteiger partial charge on any atom is -0.378 e. The number of aromatic nitrogens is 2. The van der Waals surface area contributed by atoms with E-state index < -0.39 is 12.5 Å². The van der Waals surface area contributed by atoms with E-state index in [9.17, 15) is 13.6 Å². The van der Waals surface area contributed by atoms with Crippen molar-refractivity contribution in [1.29, 1.82) is 0 Å². The highest BCUT2D eigenvalue weighted by molar-refractivity contribution is 5.83. The largest absolute Gasteiger partial charge is 0.378 e. The zero-order chi connectivity index (χ0) is 17.4. The predicted octanol–water partition coefficient (Wildman–Crippen LogP) is 1.73. The highest BCUT2D eigenvalue weighted by atomic mass is 19.3. The van der Waals surface area contributed by atoms with Gasteiger partial charge in [0, 0.05) is 31.7 Å². The number of hydrogen-bond acceptors (Lipinski definition) is 5.